The molecule has 4 nitrogen and oxygen atoms in total. The smallest absolute Gasteiger partial charge is 0.308 e. The van der Waals surface area contributed by atoms with E-state index in [4.69, 9.17) is 5.11 Å². The van der Waals surface area contributed by atoms with E-state index in [-0.39, 0.29) is 5.56 Å². The molecule has 2 aromatic rings. The minimum atomic E-state index is -1.11. The van der Waals surface area contributed by atoms with Gasteiger partial charge >= 0.3 is 5.97 Å². The zero-order chi connectivity index (χ0) is 13.1. The average molecular weight is 247 g/mol. The predicted octanol–water partition coefficient (Wildman–Crippen LogP) is 1.81. The van der Waals surface area contributed by atoms with E-state index in [1.54, 1.807) is 18.2 Å². The van der Waals surface area contributed by atoms with Crippen molar-refractivity contribution in [3.8, 4) is 11.1 Å². The van der Waals surface area contributed by atoms with E-state index in [1.165, 1.54) is 18.3 Å². The lowest BCUT2D eigenvalue weighted by Crippen LogP contribution is -2.15. The Morgan fingerprint density at radius 3 is 2.72 bits per heavy atom. The summed E-state index contributed by atoms with van der Waals surface area (Å²) in [6, 6.07) is 7.49. The number of rotatable bonds is 3. The first kappa shape index (κ1) is 12.0. The lowest BCUT2D eigenvalue weighted by Gasteiger charge is -2.04. The monoisotopic (exact) mass is 247 g/mol. The summed E-state index contributed by atoms with van der Waals surface area (Å²) in [4.78, 5) is 24.4. The number of hydrogen-bond donors (Lipinski definition) is 2. The van der Waals surface area contributed by atoms with Gasteiger partial charge in [-0.25, -0.2) is 4.39 Å². The third-order valence-corrected chi connectivity index (χ3v) is 2.51. The fraction of sp³-hybridized carbons (Fsp3) is 0.0769. The molecule has 0 spiro atoms. The molecule has 1 aromatic carbocycles. The Kier molecular flexibility index (Phi) is 3.23. The number of halogens is 1. The van der Waals surface area contributed by atoms with Gasteiger partial charge in [0.2, 0.25) is 0 Å². The van der Waals surface area contributed by atoms with E-state index in [9.17, 15) is 14.0 Å². The molecule has 2 N–H and O–H groups in total. The van der Waals surface area contributed by atoms with Gasteiger partial charge in [-0.2, -0.15) is 0 Å². The van der Waals surface area contributed by atoms with Crippen LogP contribution in [0, 0.1) is 5.82 Å². The van der Waals surface area contributed by atoms with Crippen LogP contribution in [0.2, 0.25) is 0 Å². The maximum Gasteiger partial charge on any atom is 0.308 e. The fourth-order valence-corrected chi connectivity index (χ4v) is 1.68. The highest BCUT2D eigenvalue weighted by atomic mass is 19.1. The maximum atomic E-state index is 13.6. The summed E-state index contributed by atoms with van der Waals surface area (Å²) in [5, 5.41) is 8.68. The molecule has 0 saturated heterocycles. The highest BCUT2D eigenvalue weighted by molar-refractivity contribution is 5.71. The summed E-state index contributed by atoms with van der Waals surface area (Å²) in [6.45, 7) is 0. The number of carbonyl (C=O) groups is 1. The number of aromatic nitrogens is 1. The van der Waals surface area contributed by atoms with Gasteiger partial charge in [0.05, 0.1) is 6.42 Å². The average Bonchev–Trinajstić information content (AvgIpc) is 2.32. The summed E-state index contributed by atoms with van der Waals surface area (Å²) in [5.41, 5.74) is 0.394. The van der Waals surface area contributed by atoms with E-state index in [2.05, 4.69) is 4.98 Å². The van der Waals surface area contributed by atoms with Crippen LogP contribution in [0.25, 0.3) is 11.1 Å². The van der Waals surface area contributed by atoms with Crippen LogP contribution in [0.4, 0.5) is 4.39 Å². The number of pyridine rings is 1. The van der Waals surface area contributed by atoms with E-state index in [1.807, 2.05) is 0 Å². The largest absolute Gasteiger partial charge is 0.481 e. The Balaban J connectivity index is 2.51. The minimum absolute atomic E-state index is 0.100. The van der Waals surface area contributed by atoms with Crippen molar-refractivity contribution in [2.45, 2.75) is 6.42 Å². The molecule has 0 atom stereocenters. The first-order chi connectivity index (χ1) is 8.58. The van der Waals surface area contributed by atoms with Crippen LogP contribution < -0.4 is 5.56 Å². The van der Waals surface area contributed by atoms with Crippen LogP contribution in [0.15, 0.2) is 41.3 Å². The molecule has 92 valence electrons. The Morgan fingerprint density at radius 1 is 1.33 bits per heavy atom. The normalized spacial score (nSPS) is 10.3. The van der Waals surface area contributed by atoms with Crippen LogP contribution in [-0.2, 0) is 11.2 Å². The second kappa shape index (κ2) is 4.83. The highest BCUT2D eigenvalue weighted by Gasteiger charge is 2.09. The summed E-state index contributed by atoms with van der Waals surface area (Å²) in [5.74, 6) is -1.53. The lowest BCUT2D eigenvalue weighted by atomic mass is 10.0. The van der Waals surface area contributed by atoms with Gasteiger partial charge in [0.15, 0.2) is 0 Å². The van der Waals surface area contributed by atoms with Crippen molar-refractivity contribution >= 4 is 5.97 Å². The van der Waals surface area contributed by atoms with Gasteiger partial charge in [-0.3, -0.25) is 9.59 Å². The minimum Gasteiger partial charge on any atom is -0.481 e. The molecule has 18 heavy (non-hydrogen) atoms. The van der Waals surface area contributed by atoms with Crippen LogP contribution in [-0.4, -0.2) is 16.1 Å². The number of aromatic amines is 1. The van der Waals surface area contributed by atoms with E-state index >= 15 is 0 Å². The summed E-state index contributed by atoms with van der Waals surface area (Å²) < 4.78 is 13.6. The van der Waals surface area contributed by atoms with Gasteiger partial charge in [-0.1, -0.05) is 18.2 Å². The standard InChI is InChI=1S/C13H10FNO3/c14-11-4-2-1-3-10(11)9-5-8(6-12(16)17)13(18)15-7-9/h1-5,7H,6H2,(H,15,18)(H,16,17). The zero-order valence-corrected chi connectivity index (χ0v) is 9.31. The zero-order valence-electron chi connectivity index (χ0n) is 9.31. The predicted molar refractivity (Wildman–Crippen MR) is 63.8 cm³/mol. The molecule has 0 aliphatic carbocycles. The van der Waals surface area contributed by atoms with Gasteiger partial charge in [-0.05, 0) is 12.1 Å². The first-order valence-corrected chi connectivity index (χ1v) is 5.26. The summed E-state index contributed by atoms with van der Waals surface area (Å²) in [6.07, 6.45) is 0.976. The van der Waals surface area contributed by atoms with Crippen LogP contribution >= 0.6 is 0 Å². The molecule has 0 amide bonds. The second-order valence-electron chi connectivity index (χ2n) is 3.79. The van der Waals surface area contributed by atoms with Crippen molar-refractivity contribution < 1.29 is 14.3 Å². The Bertz CT molecular complexity index is 649. The molecule has 0 saturated carbocycles. The number of H-pyrrole nitrogens is 1. The van der Waals surface area contributed by atoms with Crippen molar-refractivity contribution in [2.75, 3.05) is 0 Å². The molecule has 0 bridgehead atoms. The molecule has 1 heterocycles. The van der Waals surface area contributed by atoms with Gasteiger partial charge < -0.3 is 10.1 Å². The molecule has 0 radical (unpaired) electrons. The van der Waals surface area contributed by atoms with Gasteiger partial charge in [0.1, 0.15) is 5.82 Å². The van der Waals surface area contributed by atoms with Crippen molar-refractivity contribution in [1.82, 2.24) is 4.98 Å². The molecular formula is C13H10FNO3. The summed E-state index contributed by atoms with van der Waals surface area (Å²) >= 11 is 0. The van der Waals surface area contributed by atoms with E-state index in [0.717, 1.165) is 0 Å². The number of carboxylic acids is 1. The first-order valence-electron chi connectivity index (χ1n) is 5.26. The van der Waals surface area contributed by atoms with Crippen LogP contribution in [0.5, 0.6) is 0 Å². The van der Waals surface area contributed by atoms with Crippen LogP contribution in [0.1, 0.15) is 5.56 Å². The highest BCUT2D eigenvalue weighted by Crippen LogP contribution is 2.21. The van der Waals surface area contributed by atoms with Crippen molar-refractivity contribution in [3.63, 3.8) is 0 Å². The lowest BCUT2D eigenvalue weighted by molar-refractivity contribution is -0.136. The topological polar surface area (TPSA) is 70.2 Å². The van der Waals surface area contributed by atoms with Crippen molar-refractivity contribution in [2.24, 2.45) is 0 Å². The third-order valence-electron chi connectivity index (χ3n) is 2.51. The SMILES string of the molecule is O=C(O)Cc1cc(-c2ccccc2F)c[nH]c1=O. The second-order valence-corrected chi connectivity index (χ2v) is 3.79. The number of hydrogen-bond acceptors (Lipinski definition) is 2. The number of benzene rings is 1. The van der Waals surface area contributed by atoms with Gasteiger partial charge in [0, 0.05) is 22.9 Å². The van der Waals surface area contributed by atoms with Gasteiger partial charge in [-0.15, -0.1) is 0 Å². The maximum absolute atomic E-state index is 13.6. The number of nitrogens with one attached hydrogen (secondary N) is 1. The number of aliphatic carboxylic acids is 1. The Labute approximate surface area is 102 Å². The Hall–Kier alpha value is -2.43. The molecule has 1 aromatic heterocycles. The van der Waals surface area contributed by atoms with Crippen molar-refractivity contribution in [3.05, 3.63) is 58.3 Å². The molecule has 5 heteroatoms. The number of carboxylic acid groups (broad SMARTS) is 1. The van der Waals surface area contributed by atoms with Gasteiger partial charge in [0.25, 0.3) is 5.56 Å². The van der Waals surface area contributed by atoms with E-state index in [0.29, 0.717) is 11.1 Å². The van der Waals surface area contributed by atoms with E-state index < -0.39 is 23.8 Å². The summed E-state index contributed by atoms with van der Waals surface area (Å²) in [7, 11) is 0. The quantitative estimate of drug-likeness (QED) is 0.868. The van der Waals surface area contributed by atoms with Crippen molar-refractivity contribution in [1.29, 1.82) is 0 Å². The molecule has 2 rings (SSSR count). The van der Waals surface area contributed by atoms with Crippen LogP contribution in [0.3, 0.4) is 0 Å². The molecule has 0 aliphatic rings. The fourth-order valence-electron chi connectivity index (χ4n) is 1.68. The Morgan fingerprint density at radius 2 is 2.06 bits per heavy atom. The molecular weight excluding hydrogens is 237 g/mol. The molecule has 0 fully saturated rings. The molecule has 0 unspecified atom stereocenters. The molecule has 0 aliphatic heterocycles. The third kappa shape index (κ3) is 2.45.